The molecule has 1 saturated carbocycles. The molecule has 4 rings (SSSR count). The zero-order valence-electron chi connectivity index (χ0n) is 15.4. The Morgan fingerprint density at radius 2 is 1.73 bits per heavy atom. The minimum Gasteiger partial charge on any atom is -0.496 e. The highest BCUT2D eigenvalue weighted by Gasteiger charge is 2.37. The van der Waals surface area contributed by atoms with E-state index in [1.165, 1.54) is 6.42 Å². The molecule has 2 unspecified atom stereocenters. The second-order valence-electron chi connectivity index (χ2n) is 7.26. The molecular weight excluding hydrogens is 346 g/mol. The van der Waals surface area contributed by atoms with Gasteiger partial charge >= 0.3 is 0 Å². The Balaban J connectivity index is 0.00000196. The lowest BCUT2D eigenvalue weighted by molar-refractivity contribution is 0.239. The average Bonchev–Trinajstić information content (AvgIpc) is 2.78. The summed E-state index contributed by atoms with van der Waals surface area (Å²) in [6.45, 7) is 0.643. The monoisotopic (exact) mass is 373 g/mol. The smallest absolute Gasteiger partial charge is 0.243 e. The van der Waals surface area contributed by atoms with Crippen molar-refractivity contribution in [2.75, 3.05) is 13.7 Å². The third-order valence-corrected chi connectivity index (χ3v) is 7.81. The Morgan fingerprint density at radius 1 is 1.00 bits per heavy atom. The van der Waals surface area contributed by atoms with Crippen molar-refractivity contribution in [2.45, 2.75) is 49.5 Å². The Hall–Kier alpha value is -1.59. The van der Waals surface area contributed by atoms with Crippen LogP contribution in [0, 0.1) is 13.3 Å². The molecule has 0 spiro atoms. The van der Waals surface area contributed by atoms with Gasteiger partial charge in [0.25, 0.3) is 0 Å². The second-order valence-corrected chi connectivity index (χ2v) is 9.11. The summed E-state index contributed by atoms with van der Waals surface area (Å²) < 4.78 is 34.3. The maximum absolute atomic E-state index is 13.5. The van der Waals surface area contributed by atoms with E-state index in [1.54, 1.807) is 23.5 Å². The van der Waals surface area contributed by atoms with E-state index < -0.39 is 10.0 Å². The first-order valence-electron chi connectivity index (χ1n) is 9.19. The minimum absolute atomic E-state index is 0. The van der Waals surface area contributed by atoms with Crippen LogP contribution in [-0.2, 0) is 10.0 Å². The molecule has 4 nitrogen and oxygen atoms in total. The number of ether oxygens (including phenoxy) is 1. The van der Waals surface area contributed by atoms with Crippen molar-refractivity contribution < 1.29 is 13.2 Å². The molecule has 1 saturated heterocycles. The van der Waals surface area contributed by atoms with Crippen LogP contribution in [0.15, 0.2) is 41.3 Å². The molecule has 1 aliphatic heterocycles. The zero-order chi connectivity index (χ0) is 17.4. The van der Waals surface area contributed by atoms with Gasteiger partial charge in [0.2, 0.25) is 10.0 Å². The number of sulfonamides is 1. The zero-order valence-corrected chi connectivity index (χ0v) is 16.2. The third kappa shape index (κ3) is 3.23. The predicted octanol–water partition coefficient (Wildman–Crippen LogP) is 4.52. The summed E-state index contributed by atoms with van der Waals surface area (Å²) in [7, 11) is -1.89. The van der Waals surface area contributed by atoms with Crippen molar-refractivity contribution in [3.05, 3.63) is 43.8 Å². The second kappa shape index (κ2) is 7.57. The van der Waals surface area contributed by atoms with Crippen LogP contribution < -0.4 is 4.74 Å². The van der Waals surface area contributed by atoms with E-state index in [1.807, 2.05) is 24.3 Å². The molecule has 1 aliphatic carbocycles. The Labute approximate surface area is 157 Å². The highest BCUT2D eigenvalue weighted by atomic mass is 32.2. The lowest BCUT2D eigenvalue weighted by Gasteiger charge is -2.33. The molecule has 2 aromatic carbocycles. The van der Waals surface area contributed by atoms with Crippen LogP contribution in [0.4, 0.5) is 0 Å². The molecular formula is C21H27NO3S. The maximum Gasteiger partial charge on any atom is 0.243 e. The molecule has 0 N–H and O–H groups in total. The van der Waals surface area contributed by atoms with Gasteiger partial charge in [-0.2, -0.15) is 4.31 Å². The van der Waals surface area contributed by atoms with Crippen molar-refractivity contribution >= 4 is 20.8 Å². The summed E-state index contributed by atoms with van der Waals surface area (Å²) in [6.07, 6.45) is 6.54. The van der Waals surface area contributed by atoms with E-state index in [-0.39, 0.29) is 13.5 Å². The van der Waals surface area contributed by atoms with Gasteiger partial charge in [-0.15, -0.1) is 0 Å². The van der Waals surface area contributed by atoms with E-state index in [2.05, 4.69) is 0 Å². The molecule has 2 fully saturated rings. The maximum atomic E-state index is 13.5. The first-order chi connectivity index (χ1) is 12.1. The molecule has 5 heteroatoms. The highest BCUT2D eigenvalue weighted by molar-refractivity contribution is 7.89. The van der Waals surface area contributed by atoms with Gasteiger partial charge in [0, 0.05) is 23.4 Å². The summed E-state index contributed by atoms with van der Waals surface area (Å²) in [5, 5.41) is 1.60. The fourth-order valence-corrected chi connectivity index (χ4v) is 6.50. The molecule has 26 heavy (non-hydrogen) atoms. The SMILES string of the molecule is COc1ccc(S(=O)(=O)N2CCCC3CCCC2C3)c2ccccc12.[CH2]. The average molecular weight is 374 g/mol. The van der Waals surface area contributed by atoms with Crippen LogP contribution in [0.25, 0.3) is 10.8 Å². The van der Waals surface area contributed by atoms with Crippen molar-refractivity contribution in [3.63, 3.8) is 0 Å². The van der Waals surface area contributed by atoms with Crippen LogP contribution in [0.3, 0.4) is 0 Å². The van der Waals surface area contributed by atoms with Gasteiger partial charge in [0.05, 0.1) is 12.0 Å². The van der Waals surface area contributed by atoms with Crippen molar-refractivity contribution in [1.29, 1.82) is 0 Å². The van der Waals surface area contributed by atoms with Gasteiger partial charge in [-0.05, 0) is 43.7 Å². The van der Waals surface area contributed by atoms with Gasteiger partial charge in [-0.25, -0.2) is 8.42 Å². The summed E-state index contributed by atoms with van der Waals surface area (Å²) in [5.41, 5.74) is 0. The fraction of sp³-hybridized carbons (Fsp3) is 0.476. The first kappa shape index (κ1) is 19.2. The standard InChI is InChI=1S/C20H25NO3S.CH2/c1-24-19-11-12-20(18-10-3-2-9-17(18)19)25(22,23)21-13-5-7-15-6-4-8-16(21)14-15;/h2-3,9-12,15-16H,4-8,13-14H2,1H3;1H2. The molecule has 2 aliphatic rings. The largest absolute Gasteiger partial charge is 0.496 e. The van der Waals surface area contributed by atoms with Gasteiger partial charge in [-0.3, -0.25) is 0 Å². The van der Waals surface area contributed by atoms with Crippen LogP contribution in [0.5, 0.6) is 5.75 Å². The lowest BCUT2D eigenvalue weighted by Crippen LogP contribution is -2.41. The number of fused-ring (bicyclic) bond motifs is 3. The molecule has 1 heterocycles. The Kier molecular flexibility index (Phi) is 5.58. The van der Waals surface area contributed by atoms with Crippen molar-refractivity contribution in [3.8, 4) is 5.75 Å². The number of benzene rings is 2. The molecule has 2 bridgehead atoms. The normalized spacial score (nSPS) is 23.9. The van der Waals surface area contributed by atoms with Crippen molar-refractivity contribution in [1.82, 2.24) is 4.31 Å². The number of rotatable bonds is 3. The molecule has 2 atom stereocenters. The van der Waals surface area contributed by atoms with Crippen LogP contribution in [-0.4, -0.2) is 32.4 Å². The van der Waals surface area contributed by atoms with Gasteiger partial charge in [-0.1, -0.05) is 44.5 Å². The fourth-order valence-electron chi connectivity index (χ4n) is 4.59. The van der Waals surface area contributed by atoms with Crippen LogP contribution >= 0.6 is 0 Å². The minimum atomic E-state index is -3.51. The summed E-state index contributed by atoms with van der Waals surface area (Å²) >= 11 is 0. The van der Waals surface area contributed by atoms with E-state index in [0.29, 0.717) is 23.1 Å². The van der Waals surface area contributed by atoms with Crippen LogP contribution in [0.2, 0.25) is 0 Å². The van der Waals surface area contributed by atoms with Gasteiger partial charge in [0.1, 0.15) is 5.75 Å². The Morgan fingerprint density at radius 3 is 2.50 bits per heavy atom. The van der Waals surface area contributed by atoms with Gasteiger partial charge in [0.15, 0.2) is 0 Å². The van der Waals surface area contributed by atoms with Gasteiger partial charge < -0.3 is 4.74 Å². The van der Waals surface area contributed by atoms with E-state index >= 15 is 0 Å². The molecule has 0 aromatic heterocycles. The van der Waals surface area contributed by atoms with E-state index in [4.69, 9.17) is 4.74 Å². The van der Waals surface area contributed by atoms with E-state index in [9.17, 15) is 8.42 Å². The molecule has 0 amide bonds. The van der Waals surface area contributed by atoms with Crippen molar-refractivity contribution in [2.24, 2.45) is 5.92 Å². The van der Waals surface area contributed by atoms with E-state index in [0.717, 1.165) is 42.9 Å². The third-order valence-electron chi connectivity index (χ3n) is 5.80. The predicted molar refractivity (Wildman–Crippen MR) is 105 cm³/mol. The lowest BCUT2D eigenvalue weighted by atomic mass is 9.84. The number of hydrogen-bond acceptors (Lipinski definition) is 3. The Bertz CT molecular complexity index is 878. The first-order valence-corrected chi connectivity index (χ1v) is 10.6. The summed E-state index contributed by atoms with van der Waals surface area (Å²) in [5.74, 6) is 1.41. The number of hydrogen-bond donors (Lipinski definition) is 0. The highest BCUT2D eigenvalue weighted by Crippen LogP contribution is 2.38. The topological polar surface area (TPSA) is 46.6 Å². The molecule has 2 aromatic rings. The summed E-state index contributed by atoms with van der Waals surface area (Å²) in [4.78, 5) is 0.410. The molecule has 2 radical (unpaired) electrons. The summed E-state index contributed by atoms with van der Waals surface area (Å²) in [6, 6.07) is 11.3. The number of nitrogens with zero attached hydrogens (tertiary/aromatic N) is 1. The van der Waals surface area contributed by atoms with Crippen LogP contribution in [0.1, 0.15) is 38.5 Å². The number of methoxy groups -OCH3 is 1. The quantitative estimate of drug-likeness (QED) is 0.795. The molecule has 140 valence electrons.